The average molecular weight is 297 g/mol. The summed E-state index contributed by atoms with van der Waals surface area (Å²) in [6.07, 6.45) is 2.95. The third-order valence-corrected chi connectivity index (χ3v) is 3.15. The van der Waals surface area contributed by atoms with Gasteiger partial charge in [-0.3, -0.25) is 14.9 Å². The van der Waals surface area contributed by atoms with E-state index < -0.39 is 17.9 Å². The van der Waals surface area contributed by atoms with E-state index in [0.29, 0.717) is 31.6 Å². The largest absolute Gasteiger partial charge is 0.478 e. The van der Waals surface area contributed by atoms with Crippen LogP contribution in [0.1, 0.15) is 19.8 Å². The molecule has 116 valence electrons. The van der Waals surface area contributed by atoms with Gasteiger partial charge in [0.05, 0.1) is 0 Å². The van der Waals surface area contributed by atoms with Crippen molar-refractivity contribution < 1.29 is 24.3 Å². The normalized spacial score (nSPS) is 15.8. The Balaban J connectivity index is 2.33. The molecule has 0 atom stereocenters. The molecule has 1 heterocycles. The Morgan fingerprint density at radius 2 is 1.81 bits per heavy atom. The van der Waals surface area contributed by atoms with Crippen molar-refractivity contribution in [2.75, 3.05) is 19.6 Å². The molecule has 3 N–H and O–H groups in total. The van der Waals surface area contributed by atoms with Gasteiger partial charge in [-0.15, -0.1) is 0 Å². The molecule has 1 aliphatic rings. The van der Waals surface area contributed by atoms with Gasteiger partial charge in [0, 0.05) is 38.7 Å². The van der Waals surface area contributed by atoms with E-state index in [1.165, 1.54) is 11.8 Å². The molecule has 21 heavy (non-hydrogen) atoms. The highest BCUT2D eigenvalue weighted by atomic mass is 16.4. The van der Waals surface area contributed by atoms with Crippen LogP contribution in [0, 0.1) is 5.92 Å². The molecule has 0 radical (unpaired) electrons. The third kappa shape index (κ3) is 6.55. The van der Waals surface area contributed by atoms with Crippen molar-refractivity contribution in [3.05, 3.63) is 12.2 Å². The molecule has 1 fully saturated rings. The standard InChI is InChI=1S/C13H19N3O5/c1-9(17)14-8-10-4-6-16(7-5-10)13(21)15-11(18)2-3-12(19)20/h2-3,10H,4-8H2,1H3,(H,14,17)(H,19,20)(H,15,18,21)/b3-2+. The number of amides is 4. The molecule has 0 aromatic carbocycles. The highest BCUT2D eigenvalue weighted by Crippen LogP contribution is 2.16. The van der Waals surface area contributed by atoms with Crippen molar-refractivity contribution in [1.29, 1.82) is 0 Å². The lowest BCUT2D eigenvalue weighted by Crippen LogP contribution is -2.47. The van der Waals surface area contributed by atoms with Crippen molar-refractivity contribution in [3.63, 3.8) is 0 Å². The minimum atomic E-state index is -1.25. The second-order valence-electron chi connectivity index (χ2n) is 4.83. The molecule has 1 saturated heterocycles. The van der Waals surface area contributed by atoms with Crippen LogP contribution in [-0.2, 0) is 14.4 Å². The summed E-state index contributed by atoms with van der Waals surface area (Å²) in [6, 6.07) is -0.534. The Kier molecular flexibility index (Phi) is 6.38. The number of carboxylic acid groups (broad SMARTS) is 1. The molecule has 4 amide bonds. The number of hydrogen-bond donors (Lipinski definition) is 3. The van der Waals surface area contributed by atoms with Gasteiger partial charge in [0.15, 0.2) is 0 Å². The fourth-order valence-corrected chi connectivity index (χ4v) is 2.00. The maximum atomic E-state index is 11.8. The predicted molar refractivity (Wildman–Crippen MR) is 73.3 cm³/mol. The Morgan fingerprint density at radius 1 is 1.19 bits per heavy atom. The molecule has 0 aromatic rings. The highest BCUT2D eigenvalue weighted by Gasteiger charge is 2.23. The molecule has 0 unspecified atom stereocenters. The summed E-state index contributed by atoms with van der Waals surface area (Å²) >= 11 is 0. The predicted octanol–water partition coefficient (Wildman–Crippen LogP) is -0.288. The van der Waals surface area contributed by atoms with Gasteiger partial charge >= 0.3 is 12.0 Å². The molecule has 8 nitrogen and oxygen atoms in total. The molecule has 0 spiro atoms. The zero-order valence-corrected chi connectivity index (χ0v) is 11.8. The van der Waals surface area contributed by atoms with Crippen molar-refractivity contribution >= 4 is 23.8 Å². The number of urea groups is 1. The summed E-state index contributed by atoms with van der Waals surface area (Å²) in [4.78, 5) is 45.6. The maximum Gasteiger partial charge on any atom is 0.328 e. The number of nitrogens with zero attached hydrogens (tertiary/aromatic N) is 1. The molecule has 0 aromatic heterocycles. The molecule has 0 aliphatic carbocycles. The summed E-state index contributed by atoms with van der Waals surface area (Å²) in [5, 5.41) is 13.2. The van der Waals surface area contributed by atoms with Crippen molar-refractivity contribution in [1.82, 2.24) is 15.5 Å². The fourth-order valence-electron chi connectivity index (χ4n) is 2.00. The molecule has 1 rings (SSSR count). The van der Waals surface area contributed by atoms with E-state index in [2.05, 4.69) is 10.6 Å². The average Bonchev–Trinajstić information content (AvgIpc) is 2.43. The van der Waals surface area contributed by atoms with E-state index in [1.807, 2.05) is 0 Å². The van der Waals surface area contributed by atoms with Crippen LogP contribution in [0.25, 0.3) is 0 Å². The number of piperidine rings is 1. The van der Waals surface area contributed by atoms with Crippen LogP contribution in [0.2, 0.25) is 0 Å². The Hall–Kier alpha value is -2.38. The molecular formula is C13H19N3O5. The summed E-state index contributed by atoms with van der Waals surface area (Å²) in [7, 11) is 0. The van der Waals surface area contributed by atoms with Crippen LogP contribution in [0.15, 0.2) is 12.2 Å². The SMILES string of the molecule is CC(=O)NCC1CCN(C(=O)NC(=O)/C=C/C(=O)O)CC1. The number of nitrogens with one attached hydrogen (secondary N) is 2. The fraction of sp³-hybridized carbons (Fsp3) is 0.538. The van der Waals surface area contributed by atoms with Gasteiger partial charge in [-0.05, 0) is 18.8 Å². The number of hydrogen-bond acceptors (Lipinski definition) is 4. The van der Waals surface area contributed by atoms with E-state index in [4.69, 9.17) is 5.11 Å². The Bertz CT molecular complexity index is 453. The highest BCUT2D eigenvalue weighted by molar-refractivity contribution is 6.02. The molecule has 0 saturated carbocycles. The maximum absolute atomic E-state index is 11.8. The quantitative estimate of drug-likeness (QED) is 0.617. The van der Waals surface area contributed by atoms with Crippen LogP contribution in [0.5, 0.6) is 0 Å². The number of rotatable bonds is 4. The van der Waals surface area contributed by atoms with Crippen molar-refractivity contribution in [2.24, 2.45) is 5.92 Å². The van der Waals surface area contributed by atoms with Crippen LogP contribution in [0.3, 0.4) is 0 Å². The number of carbonyl (C=O) groups excluding carboxylic acids is 3. The zero-order chi connectivity index (χ0) is 15.8. The van der Waals surface area contributed by atoms with Crippen molar-refractivity contribution in [2.45, 2.75) is 19.8 Å². The van der Waals surface area contributed by atoms with Crippen LogP contribution in [-0.4, -0.2) is 53.5 Å². The van der Waals surface area contributed by atoms with Gasteiger partial charge in [0.2, 0.25) is 5.91 Å². The molecule has 1 aliphatic heterocycles. The molecule has 8 heteroatoms. The first-order valence-corrected chi connectivity index (χ1v) is 6.64. The van der Waals surface area contributed by atoms with E-state index in [9.17, 15) is 19.2 Å². The van der Waals surface area contributed by atoms with E-state index in [1.54, 1.807) is 0 Å². The van der Waals surface area contributed by atoms with Gasteiger partial charge in [-0.1, -0.05) is 0 Å². The summed E-state index contributed by atoms with van der Waals surface area (Å²) in [5.74, 6) is -1.77. The molecule has 0 bridgehead atoms. The second-order valence-corrected chi connectivity index (χ2v) is 4.83. The first-order chi connectivity index (χ1) is 9.88. The van der Waals surface area contributed by atoms with Gasteiger partial charge in [-0.25, -0.2) is 9.59 Å². The number of likely N-dealkylation sites (tertiary alicyclic amines) is 1. The van der Waals surface area contributed by atoms with Gasteiger partial charge < -0.3 is 15.3 Å². The van der Waals surface area contributed by atoms with Crippen molar-refractivity contribution in [3.8, 4) is 0 Å². The van der Waals surface area contributed by atoms with Crippen LogP contribution in [0.4, 0.5) is 4.79 Å². The minimum Gasteiger partial charge on any atom is -0.478 e. The number of imide groups is 1. The monoisotopic (exact) mass is 297 g/mol. The van der Waals surface area contributed by atoms with E-state index in [-0.39, 0.29) is 5.91 Å². The smallest absolute Gasteiger partial charge is 0.328 e. The number of aliphatic carboxylic acids is 1. The number of carbonyl (C=O) groups is 4. The summed E-state index contributed by atoms with van der Waals surface area (Å²) < 4.78 is 0. The lowest BCUT2D eigenvalue weighted by molar-refractivity contribution is -0.131. The lowest BCUT2D eigenvalue weighted by Gasteiger charge is -2.31. The Morgan fingerprint density at radius 3 is 2.33 bits per heavy atom. The topological polar surface area (TPSA) is 116 Å². The van der Waals surface area contributed by atoms with Gasteiger partial charge in [0.25, 0.3) is 5.91 Å². The lowest BCUT2D eigenvalue weighted by atomic mass is 9.97. The molecular weight excluding hydrogens is 278 g/mol. The van der Waals surface area contributed by atoms with E-state index in [0.717, 1.165) is 18.9 Å². The number of carboxylic acids is 1. The zero-order valence-electron chi connectivity index (χ0n) is 11.8. The summed E-state index contributed by atoms with van der Waals surface area (Å²) in [6.45, 7) is 3.03. The minimum absolute atomic E-state index is 0.0778. The van der Waals surface area contributed by atoms with Crippen LogP contribution < -0.4 is 10.6 Å². The second kappa shape index (κ2) is 8.03. The Labute approximate surface area is 122 Å². The van der Waals surface area contributed by atoms with E-state index >= 15 is 0 Å². The van der Waals surface area contributed by atoms with Gasteiger partial charge in [0.1, 0.15) is 0 Å². The van der Waals surface area contributed by atoms with Crippen LogP contribution >= 0.6 is 0 Å². The third-order valence-electron chi connectivity index (χ3n) is 3.15. The van der Waals surface area contributed by atoms with Gasteiger partial charge in [-0.2, -0.15) is 0 Å². The summed E-state index contributed by atoms with van der Waals surface area (Å²) in [5.41, 5.74) is 0. The first-order valence-electron chi connectivity index (χ1n) is 6.64. The first kappa shape index (κ1) is 16.7.